The molecule has 3 aliphatic rings. The highest BCUT2D eigenvalue weighted by Gasteiger charge is 2.56. The standard InChI is InChI=1S/C30H31F2N3O3/c1-16-21-11-26-22(10-25(21)34-33-16)27(18-12-30(13-18)14-19(15-30)29(36)37-2)28(17-5-7-38-8-6-17)35(26)20-3-4-23(31)24(32)9-20/h3-4,9-11,17-19H,5-8,12-15H2,1-2H3,(H,33,34). The Labute approximate surface area is 219 Å². The third kappa shape index (κ3) is 3.52. The number of methoxy groups -OCH3 is 1. The first-order valence-corrected chi connectivity index (χ1v) is 13.5. The summed E-state index contributed by atoms with van der Waals surface area (Å²) in [6, 6.07) is 8.52. The number of H-pyrrole nitrogens is 1. The second-order valence-corrected chi connectivity index (χ2v) is 11.6. The predicted molar refractivity (Wildman–Crippen MR) is 140 cm³/mol. The first-order valence-electron chi connectivity index (χ1n) is 13.5. The lowest BCUT2D eigenvalue weighted by Crippen LogP contribution is -2.49. The zero-order valence-corrected chi connectivity index (χ0v) is 21.7. The van der Waals surface area contributed by atoms with Crippen LogP contribution in [0.25, 0.3) is 27.5 Å². The molecule has 1 aliphatic heterocycles. The number of fused-ring (bicyclic) bond motifs is 2. The molecule has 8 heteroatoms. The molecule has 4 aromatic rings. The highest BCUT2D eigenvalue weighted by molar-refractivity contribution is 6.00. The van der Waals surface area contributed by atoms with E-state index >= 15 is 0 Å². The van der Waals surface area contributed by atoms with Gasteiger partial charge in [0.05, 0.1) is 29.8 Å². The van der Waals surface area contributed by atoms with Gasteiger partial charge in [-0.2, -0.15) is 5.10 Å². The van der Waals surface area contributed by atoms with Gasteiger partial charge in [-0.05, 0) is 86.6 Å². The summed E-state index contributed by atoms with van der Waals surface area (Å²) in [5.74, 6) is -1.21. The molecule has 6 nitrogen and oxygen atoms in total. The maximum atomic E-state index is 14.6. The average Bonchev–Trinajstić information content (AvgIpc) is 3.40. The molecule has 3 heterocycles. The van der Waals surface area contributed by atoms with Crippen LogP contribution < -0.4 is 0 Å². The Kier molecular flexibility index (Phi) is 5.41. The van der Waals surface area contributed by atoms with E-state index in [4.69, 9.17) is 9.47 Å². The quantitative estimate of drug-likeness (QED) is 0.315. The van der Waals surface area contributed by atoms with Crippen LogP contribution in [0, 0.1) is 29.9 Å². The SMILES string of the molecule is COC(=O)C1CC2(C1)CC(c1c(C3CCOCC3)n(-c3ccc(F)c(F)c3)c3cc4c(C)n[nH]c4cc13)C2. The van der Waals surface area contributed by atoms with Gasteiger partial charge in [-0.1, -0.05) is 0 Å². The Morgan fingerprint density at radius 3 is 2.53 bits per heavy atom. The van der Waals surface area contributed by atoms with E-state index in [9.17, 15) is 13.6 Å². The molecule has 0 unspecified atom stereocenters. The van der Waals surface area contributed by atoms with Crippen LogP contribution in [0.5, 0.6) is 0 Å². The molecule has 198 valence electrons. The summed E-state index contributed by atoms with van der Waals surface area (Å²) in [6.07, 6.45) is 5.58. The smallest absolute Gasteiger partial charge is 0.308 e. The lowest BCUT2D eigenvalue weighted by molar-refractivity contribution is -0.159. The van der Waals surface area contributed by atoms with Crippen molar-refractivity contribution in [1.82, 2.24) is 14.8 Å². The maximum Gasteiger partial charge on any atom is 0.308 e. The first-order chi connectivity index (χ1) is 18.4. The number of nitrogens with one attached hydrogen (secondary N) is 1. The minimum Gasteiger partial charge on any atom is -0.469 e. The molecule has 0 bridgehead atoms. The van der Waals surface area contributed by atoms with Crippen LogP contribution in [0.4, 0.5) is 8.78 Å². The van der Waals surface area contributed by atoms with Crippen LogP contribution >= 0.6 is 0 Å². The topological polar surface area (TPSA) is 69.1 Å². The Bertz CT molecular complexity index is 1570. The van der Waals surface area contributed by atoms with Crippen molar-refractivity contribution in [3.05, 3.63) is 58.9 Å². The summed E-state index contributed by atoms with van der Waals surface area (Å²) in [7, 11) is 1.46. The highest BCUT2D eigenvalue weighted by atomic mass is 19.2. The zero-order chi connectivity index (χ0) is 26.2. The minimum atomic E-state index is -0.852. The van der Waals surface area contributed by atoms with Crippen LogP contribution in [-0.2, 0) is 14.3 Å². The molecule has 0 atom stereocenters. The number of ether oxygens (including phenoxy) is 2. The van der Waals surface area contributed by atoms with Gasteiger partial charge >= 0.3 is 5.97 Å². The Morgan fingerprint density at radius 1 is 1.05 bits per heavy atom. The van der Waals surface area contributed by atoms with Crippen LogP contribution in [0.2, 0.25) is 0 Å². The number of carbonyl (C=O) groups excluding carboxylic acids is 1. The molecule has 2 aromatic carbocycles. The monoisotopic (exact) mass is 519 g/mol. The number of aryl methyl sites for hydroxylation is 1. The average molecular weight is 520 g/mol. The number of hydrogen-bond donors (Lipinski definition) is 1. The first kappa shape index (κ1) is 23.8. The van der Waals surface area contributed by atoms with Crippen molar-refractivity contribution < 1.29 is 23.0 Å². The van der Waals surface area contributed by atoms with E-state index in [-0.39, 0.29) is 23.2 Å². The number of nitrogens with zero attached hydrogens (tertiary/aromatic N) is 2. The fraction of sp³-hybridized carbons (Fsp3) is 0.467. The predicted octanol–water partition coefficient (Wildman–Crippen LogP) is 6.43. The summed E-state index contributed by atoms with van der Waals surface area (Å²) in [5, 5.41) is 9.75. The molecule has 38 heavy (non-hydrogen) atoms. The number of rotatable bonds is 4. The number of benzene rings is 2. The third-order valence-corrected chi connectivity index (χ3v) is 9.35. The van der Waals surface area contributed by atoms with Gasteiger partial charge < -0.3 is 14.0 Å². The molecule has 3 fully saturated rings. The van der Waals surface area contributed by atoms with E-state index in [1.54, 1.807) is 6.07 Å². The largest absolute Gasteiger partial charge is 0.469 e. The van der Waals surface area contributed by atoms with Gasteiger partial charge in [-0.15, -0.1) is 0 Å². The zero-order valence-electron chi connectivity index (χ0n) is 21.7. The molecule has 0 radical (unpaired) electrons. The maximum absolute atomic E-state index is 14.6. The number of esters is 1. The van der Waals surface area contributed by atoms with Crippen molar-refractivity contribution in [1.29, 1.82) is 0 Å². The molecule has 2 saturated carbocycles. The molecular weight excluding hydrogens is 488 g/mol. The number of carbonyl (C=O) groups is 1. The summed E-state index contributed by atoms with van der Waals surface area (Å²) in [4.78, 5) is 12.0. The molecule has 0 amide bonds. The van der Waals surface area contributed by atoms with Gasteiger partial charge in [-0.3, -0.25) is 9.89 Å². The molecule has 2 aliphatic carbocycles. The van der Waals surface area contributed by atoms with Gasteiger partial charge in [0, 0.05) is 47.4 Å². The van der Waals surface area contributed by atoms with Crippen molar-refractivity contribution >= 4 is 27.8 Å². The number of aromatic amines is 1. The normalized spacial score (nSPS) is 25.6. The summed E-state index contributed by atoms with van der Waals surface area (Å²) >= 11 is 0. The Hall–Kier alpha value is -3.26. The van der Waals surface area contributed by atoms with Crippen molar-refractivity contribution in [2.24, 2.45) is 11.3 Å². The van der Waals surface area contributed by atoms with Gasteiger partial charge in [0.25, 0.3) is 0 Å². The van der Waals surface area contributed by atoms with E-state index in [1.807, 2.05) is 6.92 Å². The Balaban J connectivity index is 1.41. The van der Waals surface area contributed by atoms with Crippen molar-refractivity contribution in [3.63, 3.8) is 0 Å². The fourth-order valence-electron chi connectivity index (χ4n) is 7.52. The van der Waals surface area contributed by atoms with E-state index < -0.39 is 11.6 Å². The van der Waals surface area contributed by atoms with Crippen LogP contribution in [0.1, 0.15) is 67.3 Å². The van der Waals surface area contributed by atoms with E-state index in [0.717, 1.165) is 66.0 Å². The van der Waals surface area contributed by atoms with Gasteiger partial charge in [0.15, 0.2) is 11.6 Å². The lowest BCUT2D eigenvalue weighted by Gasteiger charge is -2.57. The molecule has 7 rings (SSSR count). The third-order valence-electron chi connectivity index (χ3n) is 9.35. The van der Waals surface area contributed by atoms with Crippen LogP contribution in [0.15, 0.2) is 30.3 Å². The molecule has 1 saturated heterocycles. The molecule has 1 N–H and O–H groups in total. The van der Waals surface area contributed by atoms with E-state index in [2.05, 4.69) is 26.9 Å². The van der Waals surface area contributed by atoms with Gasteiger partial charge in [0.1, 0.15) is 0 Å². The second-order valence-electron chi connectivity index (χ2n) is 11.6. The molecular formula is C30H31F2N3O3. The number of halogens is 2. The molecule has 1 spiro atoms. The minimum absolute atomic E-state index is 0.00652. The van der Waals surface area contributed by atoms with Crippen LogP contribution in [0.3, 0.4) is 0 Å². The van der Waals surface area contributed by atoms with Gasteiger partial charge in [0.2, 0.25) is 0 Å². The number of hydrogen-bond acceptors (Lipinski definition) is 4. The lowest BCUT2D eigenvalue weighted by atomic mass is 9.47. The molecule has 2 aromatic heterocycles. The van der Waals surface area contributed by atoms with Crippen molar-refractivity contribution in [3.8, 4) is 5.69 Å². The van der Waals surface area contributed by atoms with E-state index in [0.29, 0.717) is 24.8 Å². The van der Waals surface area contributed by atoms with Crippen molar-refractivity contribution in [2.75, 3.05) is 20.3 Å². The number of aromatic nitrogens is 3. The highest BCUT2D eigenvalue weighted by Crippen LogP contribution is 2.65. The fourth-order valence-corrected chi connectivity index (χ4v) is 7.52. The van der Waals surface area contributed by atoms with Crippen LogP contribution in [-0.4, -0.2) is 41.1 Å². The van der Waals surface area contributed by atoms with Gasteiger partial charge in [-0.25, -0.2) is 8.78 Å². The summed E-state index contributed by atoms with van der Waals surface area (Å²) in [6.45, 7) is 3.34. The van der Waals surface area contributed by atoms with E-state index in [1.165, 1.54) is 30.5 Å². The second kappa shape index (κ2) is 8.63. The van der Waals surface area contributed by atoms with Crippen molar-refractivity contribution in [2.45, 2.75) is 57.3 Å². The summed E-state index contributed by atoms with van der Waals surface area (Å²) < 4.78 is 41.4. The summed E-state index contributed by atoms with van der Waals surface area (Å²) in [5.41, 5.74) is 6.19. The Morgan fingerprint density at radius 2 is 1.82 bits per heavy atom.